The van der Waals surface area contributed by atoms with Crippen LogP contribution >= 0.6 is 11.3 Å². The van der Waals surface area contributed by atoms with E-state index < -0.39 is 18.0 Å². The Morgan fingerprint density at radius 1 is 1.21 bits per heavy atom. The molecule has 19 heavy (non-hydrogen) atoms. The Labute approximate surface area is 131 Å². The van der Waals surface area contributed by atoms with Crippen molar-refractivity contribution in [2.24, 2.45) is 0 Å². The van der Waals surface area contributed by atoms with Crippen LogP contribution < -0.4 is 23.8 Å². The molecule has 1 aliphatic heterocycles. The first-order valence-electron chi connectivity index (χ1n) is 6.30. The minimum atomic E-state index is -1.95. The summed E-state index contributed by atoms with van der Waals surface area (Å²) in [6, 6.07) is 0. The number of hydrogen-bond acceptors (Lipinski definition) is 5. The SMILES string of the molecule is CC(C)O[B-]1(c2nccs2)OC(C)(C)C(C)(C)O1.[Li+]. The monoisotopic (exact) mass is 277 g/mol. The minimum Gasteiger partial charge on any atom is -0.537 e. The number of nitrogens with zero attached hydrogens (tertiary/aromatic N) is 1. The molecule has 1 aliphatic rings. The van der Waals surface area contributed by atoms with Gasteiger partial charge in [0.1, 0.15) is 0 Å². The van der Waals surface area contributed by atoms with Gasteiger partial charge in [-0.25, -0.2) is 0 Å². The van der Waals surface area contributed by atoms with Crippen molar-refractivity contribution in [2.75, 3.05) is 0 Å². The van der Waals surface area contributed by atoms with Crippen molar-refractivity contribution < 1.29 is 32.8 Å². The zero-order chi connectivity index (χ0) is 13.6. The summed E-state index contributed by atoms with van der Waals surface area (Å²) in [5.74, 6) is 0. The molecule has 102 valence electrons. The molecule has 0 unspecified atom stereocenters. The van der Waals surface area contributed by atoms with Crippen molar-refractivity contribution in [1.82, 2.24) is 4.98 Å². The van der Waals surface area contributed by atoms with Crippen molar-refractivity contribution in [2.45, 2.75) is 58.8 Å². The van der Waals surface area contributed by atoms with Gasteiger partial charge >= 0.3 is 25.6 Å². The third-order valence-corrected chi connectivity index (χ3v) is 4.45. The molecule has 0 radical (unpaired) electrons. The minimum absolute atomic E-state index is 0. The molecule has 1 fully saturated rings. The van der Waals surface area contributed by atoms with Crippen LogP contribution in [0.25, 0.3) is 0 Å². The Morgan fingerprint density at radius 3 is 2.11 bits per heavy atom. The molecule has 2 rings (SSSR count). The molecule has 1 aromatic heterocycles. The van der Waals surface area contributed by atoms with Crippen LogP contribution in [0.5, 0.6) is 0 Å². The van der Waals surface area contributed by atoms with Gasteiger partial charge in [0, 0.05) is 33.8 Å². The van der Waals surface area contributed by atoms with Crippen molar-refractivity contribution in [3.63, 3.8) is 0 Å². The van der Waals surface area contributed by atoms with Gasteiger partial charge in [0.15, 0.2) is 0 Å². The predicted molar refractivity (Wildman–Crippen MR) is 74.1 cm³/mol. The zero-order valence-corrected chi connectivity index (χ0v) is 13.7. The fourth-order valence-corrected chi connectivity index (χ4v) is 2.77. The van der Waals surface area contributed by atoms with Gasteiger partial charge in [0.05, 0.1) is 0 Å². The third kappa shape index (κ3) is 3.10. The van der Waals surface area contributed by atoms with Crippen molar-refractivity contribution in [3.8, 4) is 0 Å². The van der Waals surface area contributed by atoms with Gasteiger partial charge in [-0.1, -0.05) is 0 Å². The van der Waals surface area contributed by atoms with Gasteiger partial charge in [-0.15, -0.1) is 0 Å². The molecule has 0 N–H and O–H groups in total. The molecule has 0 bridgehead atoms. The fourth-order valence-electron chi connectivity index (χ4n) is 2.07. The van der Waals surface area contributed by atoms with Gasteiger partial charge < -0.3 is 14.0 Å². The molecule has 0 spiro atoms. The molecular weight excluding hydrogens is 256 g/mol. The molecule has 4 nitrogen and oxygen atoms in total. The summed E-state index contributed by atoms with van der Waals surface area (Å²) in [7, 11) is 0. The second kappa shape index (κ2) is 5.51. The average molecular weight is 277 g/mol. The Hall–Kier alpha value is 0.172. The van der Waals surface area contributed by atoms with Gasteiger partial charge in [0.25, 0.3) is 0 Å². The largest absolute Gasteiger partial charge is 1.00 e. The van der Waals surface area contributed by atoms with E-state index in [9.17, 15) is 0 Å². The molecular formula is C12H21BLiNO3S. The van der Waals surface area contributed by atoms with Crippen LogP contribution in [0.2, 0.25) is 0 Å². The van der Waals surface area contributed by atoms with Gasteiger partial charge in [-0.05, 0) is 41.5 Å². The standard InChI is InChI=1S/C12H21BNO3S.Li/c1-9(2)15-13(10-14-7-8-18-10)16-11(3,4)12(5,6)17-13;/h7-9H,1-6H3;/q-1;+1. The number of hydrogen-bond donors (Lipinski definition) is 0. The maximum absolute atomic E-state index is 6.17. The van der Waals surface area contributed by atoms with E-state index in [1.54, 1.807) is 6.20 Å². The summed E-state index contributed by atoms with van der Waals surface area (Å²) in [5.41, 5.74) is -0.846. The maximum Gasteiger partial charge on any atom is 1.00 e. The van der Waals surface area contributed by atoms with E-state index in [1.165, 1.54) is 11.3 Å². The third-order valence-electron chi connectivity index (χ3n) is 3.55. The quantitative estimate of drug-likeness (QED) is 0.687. The summed E-state index contributed by atoms with van der Waals surface area (Å²) in [4.78, 5) is 5.09. The first-order valence-corrected chi connectivity index (χ1v) is 7.18. The average Bonchev–Trinajstić information content (AvgIpc) is 2.71. The van der Waals surface area contributed by atoms with Gasteiger partial charge in [-0.3, -0.25) is 4.98 Å². The van der Waals surface area contributed by atoms with E-state index in [0.717, 1.165) is 4.91 Å². The van der Waals surface area contributed by atoms with Crippen LogP contribution in [0.1, 0.15) is 41.5 Å². The van der Waals surface area contributed by atoms with Crippen LogP contribution in [0.15, 0.2) is 11.6 Å². The first kappa shape index (κ1) is 17.2. The summed E-state index contributed by atoms with van der Waals surface area (Å²) in [5, 5.41) is 1.91. The summed E-state index contributed by atoms with van der Waals surface area (Å²) in [6.45, 7) is 10.1. The maximum atomic E-state index is 6.17. The zero-order valence-electron chi connectivity index (χ0n) is 12.9. The molecule has 0 amide bonds. The van der Waals surface area contributed by atoms with E-state index in [1.807, 2.05) is 46.9 Å². The molecule has 0 aliphatic carbocycles. The van der Waals surface area contributed by atoms with Crippen molar-refractivity contribution in [3.05, 3.63) is 11.6 Å². The molecule has 1 aromatic rings. The Morgan fingerprint density at radius 2 is 1.74 bits per heavy atom. The van der Waals surface area contributed by atoms with E-state index in [4.69, 9.17) is 14.0 Å². The predicted octanol–water partition coefficient (Wildman–Crippen LogP) is -0.678. The van der Waals surface area contributed by atoms with Crippen LogP contribution in [0.3, 0.4) is 0 Å². The van der Waals surface area contributed by atoms with E-state index >= 15 is 0 Å². The first-order chi connectivity index (χ1) is 8.19. The van der Waals surface area contributed by atoms with E-state index in [0.29, 0.717) is 0 Å². The second-order valence-corrected chi connectivity index (χ2v) is 6.88. The Balaban J connectivity index is 0.00000180. The molecule has 0 atom stereocenters. The van der Waals surface area contributed by atoms with Crippen LogP contribution in [0.4, 0.5) is 0 Å². The topological polar surface area (TPSA) is 40.6 Å². The molecule has 2 heterocycles. The van der Waals surface area contributed by atoms with Gasteiger partial charge in [0.2, 0.25) is 0 Å². The molecule has 1 saturated heterocycles. The molecule has 0 aromatic carbocycles. The van der Waals surface area contributed by atoms with Crippen LogP contribution in [0, 0.1) is 0 Å². The fraction of sp³-hybridized carbons (Fsp3) is 0.750. The Bertz CT molecular complexity index is 407. The molecule has 7 heteroatoms. The number of thiazole rings is 1. The normalized spacial score (nSPS) is 23.3. The van der Waals surface area contributed by atoms with E-state index in [-0.39, 0.29) is 25.0 Å². The molecule has 0 saturated carbocycles. The second-order valence-electron chi connectivity index (χ2n) is 5.95. The summed E-state index contributed by atoms with van der Waals surface area (Å²) in [6.07, 6.45) is 1.76. The smallest absolute Gasteiger partial charge is 0.537 e. The Kier molecular flexibility index (Phi) is 5.00. The van der Waals surface area contributed by atoms with Crippen molar-refractivity contribution in [1.29, 1.82) is 0 Å². The van der Waals surface area contributed by atoms with Gasteiger partial charge in [-0.2, -0.15) is 11.3 Å². The summed E-state index contributed by atoms with van der Waals surface area (Å²) >= 11 is 1.50. The summed E-state index contributed by atoms with van der Waals surface area (Å²) < 4.78 is 18.3. The van der Waals surface area contributed by atoms with Crippen LogP contribution in [-0.4, -0.2) is 29.0 Å². The number of aromatic nitrogens is 1. The van der Waals surface area contributed by atoms with Crippen molar-refractivity contribution >= 4 is 23.0 Å². The van der Waals surface area contributed by atoms with E-state index in [2.05, 4.69) is 4.98 Å². The van der Waals surface area contributed by atoms with Crippen LogP contribution in [-0.2, 0) is 14.0 Å². The number of rotatable bonds is 3.